The van der Waals surface area contributed by atoms with Gasteiger partial charge >= 0.3 is 0 Å². The lowest BCUT2D eigenvalue weighted by Gasteiger charge is -2.26. The quantitative estimate of drug-likeness (QED) is 0.801. The van der Waals surface area contributed by atoms with Gasteiger partial charge in [0, 0.05) is 17.2 Å². The van der Waals surface area contributed by atoms with Crippen molar-refractivity contribution in [1.82, 2.24) is 9.97 Å². The Bertz CT molecular complexity index is 679. The van der Waals surface area contributed by atoms with Gasteiger partial charge in [-0.1, -0.05) is 12.1 Å². The van der Waals surface area contributed by atoms with Gasteiger partial charge in [0.05, 0.1) is 24.2 Å². The van der Waals surface area contributed by atoms with Crippen LogP contribution in [-0.4, -0.2) is 33.1 Å². The van der Waals surface area contributed by atoms with Gasteiger partial charge in [-0.25, -0.2) is 4.98 Å². The highest BCUT2D eigenvalue weighted by Gasteiger charge is 2.19. The second kappa shape index (κ2) is 6.75. The number of primary amides is 1. The summed E-state index contributed by atoms with van der Waals surface area (Å²) >= 11 is 0. The molecule has 1 aliphatic rings. The maximum atomic E-state index is 11.1. The summed E-state index contributed by atoms with van der Waals surface area (Å²) < 4.78 is 0. The van der Waals surface area contributed by atoms with Gasteiger partial charge in [-0.15, -0.1) is 0 Å². The Hall–Kier alpha value is -2.47. The van der Waals surface area contributed by atoms with Crippen LogP contribution in [0.5, 0.6) is 0 Å². The fraction of sp³-hybridized carbons (Fsp3) is 0.353. The minimum absolute atomic E-state index is 0.172. The van der Waals surface area contributed by atoms with Gasteiger partial charge in [0.15, 0.2) is 0 Å². The largest absolute Gasteiger partial charge is 0.393 e. The summed E-state index contributed by atoms with van der Waals surface area (Å²) in [6.07, 6.45) is 6.72. The van der Waals surface area contributed by atoms with Gasteiger partial charge in [-0.05, 0) is 37.8 Å². The number of amides is 1. The van der Waals surface area contributed by atoms with Crippen molar-refractivity contribution in [3.63, 3.8) is 0 Å². The van der Waals surface area contributed by atoms with Crippen LogP contribution in [0.4, 0.5) is 5.82 Å². The van der Waals surface area contributed by atoms with Gasteiger partial charge in [0.25, 0.3) is 0 Å². The standard InChI is InChI=1S/C17H20N4O2/c18-17(23)12-3-1-11(2-4-12)15-9-19-10-16(21-15)20-13-5-7-14(22)8-6-13/h1-4,9-10,13-14,22H,5-8H2,(H2,18,23)(H,20,21). The molecule has 3 rings (SSSR count). The van der Waals surface area contributed by atoms with E-state index in [1.807, 2.05) is 12.1 Å². The third-order valence-corrected chi connectivity index (χ3v) is 4.15. The molecule has 6 nitrogen and oxygen atoms in total. The van der Waals surface area contributed by atoms with Crippen LogP contribution in [0.2, 0.25) is 0 Å². The number of aliphatic hydroxyl groups excluding tert-OH is 1. The summed E-state index contributed by atoms with van der Waals surface area (Å²) in [5.41, 5.74) is 7.33. The number of carbonyl (C=O) groups is 1. The molecule has 0 radical (unpaired) electrons. The Morgan fingerprint density at radius 1 is 1.13 bits per heavy atom. The van der Waals surface area contributed by atoms with Crippen molar-refractivity contribution in [2.75, 3.05) is 5.32 Å². The van der Waals surface area contributed by atoms with Crippen LogP contribution in [0.15, 0.2) is 36.7 Å². The van der Waals surface area contributed by atoms with E-state index in [0.29, 0.717) is 11.6 Å². The van der Waals surface area contributed by atoms with Gasteiger partial charge in [0.1, 0.15) is 5.82 Å². The highest BCUT2D eigenvalue weighted by molar-refractivity contribution is 5.93. The number of aliphatic hydroxyl groups is 1. The number of rotatable bonds is 4. The predicted octanol–water partition coefficient (Wildman–Crippen LogP) is 1.96. The number of hydrogen-bond acceptors (Lipinski definition) is 5. The van der Waals surface area contributed by atoms with Crippen LogP contribution < -0.4 is 11.1 Å². The number of aromatic nitrogens is 2. The molecule has 0 atom stereocenters. The number of carbonyl (C=O) groups excluding carboxylic acids is 1. The first-order chi connectivity index (χ1) is 11.1. The Morgan fingerprint density at radius 2 is 1.83 bits per heavy atom. The van der Waals surface area contributed by atoms with Crippen molar-refractivity contribution in [1.29, 1.82) is 0 Å². The molecule has 0 saturated heterocycles. The van der Waals surface area contributed by atoms with Crippen LogP contribution in [0.25, 0.3) is 11.3 Å². The first-order valence-electron chi connectivity index (χ1n) is 7.78. The molecule has 120 valence electrons. The van der Waals surface area contributed by atoms with E-state index in [4.69, 9.17) is 5.73 Å². The molecule has 1 amide bonds. The molecular formula is C17H20N4O2. The number of nitrogens with one attached hydrogen (secondary N) is 1. The zero-order valence-electron chi connectivity index (χ0n) is 12.8. The summed E-state index contributed by atoms with van der Waals surface area (Å²) in [6, 6.07) is 7.31. The molecule has 1 saturated carbocycles. The fourth-order valence-electron chi connectivity index (χ4n) is 2.81. The molecule has 1 aromatic carbocycles. The van der Waals surface area contributed by atoms with Gasteiger partial charge in [0.2, 0.25) is 5.91 Å². The number of nitrogens with zero attached hydrogens (tertiary/aromatic N) is 2. The van der Waals surface area contributed by atoms with Crippen LogP contribution in [0, 0.1) is 0 Å². The highest BCUT2D eigenvalue weighted by atomic mass is 16.3. The second-order valence-electron chi connectivity index (χ2n) is 5.88. The summed E-state index contributed by atoms with van der Waals surface area (Å²) in [7, 11) is 0. The maximum Gasteiger partial charge on any atom is 0.248 e. The van der Waals surface area contributed by atoms with Crippen molar-refractivity contribution >= 4 is 11.7 Å². The zero-order chi connectivity index (χ0) is 16.2. The third-order valence-electron chi connectivity index (χ3n) is 4.15. The lowest BCUT2D eigenvalue weighted by molar-refractivity contribution is 0.1000. The SMILES string of the molecule is NC(=O)c1ccc(-c2cncc(NC3CCC(O)CC3)n2)cc1. The number of hydrogen-bond donors (Lipinski definition) is 3. The Balaban J connectivity index is 1.73. The maximum absolute atomic E-state index is 11.1. The smallest absolute Gasteiger partial charge is 0.248 e. The fourth-order valence-corrected chi connectivity index (χ4v) is 2.81. The molecule has 6 heteroatoms. The first kappa shape index (κ1) is 15.4. The molecule has 1 aromatic heterocycles. The van der Waals surface area contributed by atoms with Crippen molar-refractivity contribution in [2.45, 2.75) is 37.8 Å². The number of nitrogens with two attached hydrogens (primary N) is 1. The van der Waals surface area contributed by atoms with E-state index < -0.39 is 5.91 Å². The average molecular weight is 312 g/mol. The molecule has 2 aromatic rings. The average Bonchev–Trinajstić information content (AvgIpc) is 2.57. The van der Waals surface area contributed by atoms with Crippen molar-refractivity contribution in [2.24, 2.45) is 5.73 Å². The highest BCUT2D eigenvalue weighted by Crippen LogP contribution is 2.23. The third kappa shape index (κ3) is 3.84. The molecule has 1 heterocycles. The van der Waals surface area contributed by atoms with Gasteiger partial charge < -0.3 is 16.2 Å². The van der Waals surface area contributed by atoms with Crippen molar-refractivity contribution < 1.29 is 9.90 Å². The second-order valence-corrected chi connectivity index (χ2v) is 5.88. The molecule has 0 bridgehead atoms. The monoisotopic (exact) mass is 312 g/mol. The minimum Gasteiger partial charge on any atom is -0.393 e. The molecule has 1 aliphatic carbocycles. The lowest BCUT2D eigenvalue weighted by atomic mass is 9.93. The predicted molar refractivity (Wildman–Crippen MR) is 87.9 cm³/mol. The van der Waals surface area contributed by atoms with Crippen LogP contribution in [0.3, 0.4) is 0 Å². The van der Waals surface area contributed by atoms with Gasteiger partial charge in [-0.2, -0.15) is 0 Å². The van der Waals surface area contributed by atoms with Crippen LogP contribution >= 0.6 is 0 Å². The summed E-state index contributed by atoms with van der Waals surface area (Å²) in [5, 5.41) is 12.9. The lowest BCUT2D eigenvalue weighted by Crippen LogP contribution is -2.28. The topological polar surface area (TPSA) is 101 Å². The molecule has 0 spiro atoms. The molecule has 0 unspecified atom stereocenters. The van der Waals surface area contributed by atoms with Crippen LogP contribution in [-0.2, 0) is 0 Å². The van der Waals surface area contributed by atoms with Crippen molar-refractivity contribution in [3.8, 4) is 11.3 Å². The summed E-state index contributed by atoms with van der Waals surface area (Å²) in [5.74, 6) is 0.278. The first-order valence-corrected chi connectivity index (χ1v) is 7.78. The van der Waals surface area contributed by atoms with E-state index in [0.717, 1.165) is 42.8 Å². The Morgan fingerprint density at radius 3 is 2.48 bits per heavy atom. The van der Waals surface area contributed by atoms with Crippen LogP contribution in [0.1, 0.15) is 36.0 Å². The van der Waals surface area contributed by atoms with E-state index in [9.17, 15) is 9.90 Å². The molecule has 0 aliphatic heterocycles. The zero-order valence-corrected chi connectivity index (χ0v) is 12.8. The van der Waals surface area contributed by atoms with E-state index in [1.165, 1.54) is 0 Å². The number of anilines is 1. The summed E-state index contributed by atoms with van der Waals surface area (Å²) in [4.78, 5) is 19.9. The summed E-state index contributed by atoms with van der Waals surface area (Å²) in [6.45, 7) is 0. The normalized spacial score (nSPS) is 20.9. The Labute approximate surface area is 134 Å². The Kier molecular flexibility index (Phi) is 4.52. The number of benzene rings is 1. The van der Waals surface area contributed by atoms with E-state index in [-0.39, 0.29) is 6.10 Å². The van der Waals surface area contributed by atoms with Crippen molar-refractivity contribution in [3.05, 3.63) is 42.2 Å². The van der Waals surface area contributed by atoms with E-state index >= 15 is 0 Å². The minimum atomic E-state index is -0.447. The van der Waals surface area contributed by atoms with E-state index in [2.05, 4.69) is 15.3 Å². The van der Waals surface area contributed by atoms with Gasteiger partial charge in [-0.3, -0.25) is 9.78 Å². The molecule has 1 fully saturated rings. The molecule has 23 heavy (non-hydrogen) atoms. The van der Waals surface area contributed by atoms with E-state index in [1.54, 1.807) is 24.5 Å². The molecule has 4 N–H and O–H groups in total. The molecular weight excluding hydrogens is 292 g/mol.